The van der Waals surface area contributed by atoms with Gasteiger partial charge in [0, 0.05) is 98.3 Å². The third kappa shape index (κ3) is 33.4. The molecule has 0 aliphatic carbocycles. The first-order valence-corrected chi connectivity index (χ1v) is 50.7. The van der Waals surface area contributed by atoms with Crippen molar-refractivity contribution in [2.75, 3.05) is 80.1 Å². The summed E-state index contributed by atoms with van der Waals surface area (Å²) in [5.41, 5.74) is 7.98. The summed E-state index contributed by atoms with van der Waals surface area (Å²) in [4.78, 5) is 73.8. The molecule has 0 saturated carbocycles. The van der Waals surface area contributed by atoms with Gasteiger partial charge in [-0.2, -0.15) is 31.6 Å². The zero-order chi connectivity index (χ0) is 96.3. The molecule has 0 fully saturated rings. The predicted octanol–water partition coefficient (Wildman–Crippen LogP) is 27.0. The first-order valence-electron chi connectivity index (χ1n) is 49.8. The lowest BCUT2D eigenvalue weighted by Gasteiger charge is -2.25. The van der Waals surface area contributed by atoms with Crippen molar-refractivity contribution < 1.29 is 23.6 Å². The molecule has 0 unspecified atom stereocenters. The highest BCUT2D eigenvalue weighted by Gasteiger charge is 2.40. The second-order valence-electron chi connectivity index (χ2n) is 34.1. The Kier molecular flexibility index (Phi) is 55.7. The second kappa shape index (κ2) is 65.2. The van der Waals surface area contributed by atoms with E-state index in [-0.39, 0.29) is 85.2 Å². The number of carbonyl (C=O) groups excluding carboxylic acids is 4. The van der Waals surface area contributed by atoms with Crippen molar-refractivity contribution in [2.45, 2.75) is 354 Å². The molecule has 0 spiro atoms. The number of nitrogens with zero attached hydrogens (tertiary/aromatic N) is 15. The van der Waals surface area contributed by atoms with Crippen molar-refractivity contribution >= 4 is 69.8 Å². The molecule has 2 aromatic heterocycles. The molecular weight excluding hydrogens is 1650 g/mol. The SMILES string of the molecule is CCCCCCc1c(/C=C/C2=C(C#N)C(=C(C#N)C#N)N(CCCC)C2=O)oc(N(CCCC)CCCC)c1CCCCCC.CCCCCCc1c(/C=C/C2=C(C#N)C(=C(C#N)C#N)N(CCCC)C2=O)sc(N(CCCC)CCCC)c1CCCCCC.[C-]#[N+]C1=C(/C=C/c2ccc(N(CCCC)CCCC)cc2C(=O)NCCCC)C(=O)N(CCCC)/C1=C(\C#N)[N+]#[C-]. The molecule has 4 amide bonds. The number of carbonyl (C=O) groups is 4. The van der Waals surface area contributed by atoms with Crippen LogP contribution in [-0.4, -0.2) is 104 Å². The summed E-state index contributed by atoms with van der Waals surface area (Å²) in [6, 6.07) is 19.6. The van der Waals surface area contributed by atoms with E-state index in [0.29, 0.717) is 50.1 Å². The molecule has 0 atom stereocenters. The van der Waals surface area contributed by atoms with Gasteiger partial charge < -0.3 is 39.1 Å². The summed E-state index contributed by atoms with van der Waals surface area (Å²) >= 11 is 1.84. The number of allylic oxidation sites excluding steroid dienone is 5. The smallest absolute Gasteiger partial charge is 0.274 e. The van der Waals surface area contributed by atoms with Crippen LogP contribution in [0.25, 0.3) is 27.9 Å². The number of amides is 4. The van der Waals surface area contributed by atoms with E-state index >= 15 is 0 Å². The molecule has 704 valence electrons. The molecule has 0 bridgehead atoms. The molecule has 5 heterocycles. The Balaban J connectivity index is 0.000000412. The summed E-state index contributed by atoms with van der Waals surface area (Å²) in [7, 11) is 0. The molecule has 3 aliphatic heterocycles. The average molecular weight is 1800 g/mol. The number of rotatable bonds is 60. The molecule has 21 nitrogen and oxygen atoms in total. The topological polar surface area (TPSA) is 288 Å². The number of nitrogens with one attached hydrogen (secondary N) is 1. The van der Waals surface area contributed by atoms with Crippen molar-refractivity contribution in [3.8, 4) is 42.5 Å². The monoisotopic (exact) mass is 1800 g/mol. The molecule has 22 heteroatoms. The normalized spacial score (nSPS) is 13.4. The molecule has 0 saturated heterocycles. The minimum absolute atomic E-state index is 0.00854. The summed E-state index contributed by atoms with van der Waals surface area (Å²) in [5.74, 6) is 0.463. The standard InChI is InChI=1S/C38H55N5O2.C38H55N5OS.C33H42N6O2/c2*1-6-11-16-18-20-31-33(21-19-17-12-7-2)38(42(24-13-8-3)25-14-9-4)45-35(31)23-22-32-34(29-41)36(30(27-39)28-40)43(37(32)44)26-15-10-5;1-7-11-19-37-32(40)28-23-26(38(20-12-8-2)21-13-9-3)17-15-25(28)16-18-27-30(36-6)31(29(24-34)35-5)39(33(27)41)22-14-10-4/h2*22-23H,6-21,24-26H2,1-5H3;15-18,23H,7-14,19-22H2,1-4H3,(H,37,40)/b2*23-22+;18-16+,31-29+. The molecule has 3 aromatic rings. The van der Waals surface area contributed by atoms with Gasteiger partial charge in [0.25, 0.3) is 23.4 Å². The largest absolute Gasteiger partial charge is 0.441 e. The fraction of sp³-hybridized carbons (Fsp3) is 0.587. The highest BCUT2D eigenvalue weighted by Crippen LogP contribution is 2.44. The fourth-order valence-electron chi connectivity index (χ4n) is 16.3. The third-order valence-corrected chi connectivity index (χ3v) is 25.3. The van der Waals surface area contributed by atoms with E-state index in [0.717, 1.165) is 224 Å². The summed E-state index contributed by atoms with van der Waals surface area (Å²) in [5, 5.41) is 72.9. The van der Waals surface area contributed by atoms with Gasteiger partial charge in [0.05, 0.1) is 63.6 Å². The number of furan rings is 1. The molecule has 1 N–H and O–H groups in total. The highest BCUT2D eigenvalue weighted by atomic mass is 32.1. The molecule has 1 aromatic carbocycles. The molecule has 131 heavy (non-hydrogen) atoms. The number of unbranched alkanes of at least 4 members (excludes halogenated alkanes) is 22. The minimum atomic E-state index is -0.414. The van der Waals surface area contributed by atoms with Crippen molar-refractivity contribution in [1.82, 2.24) is 20.0 Å². The van der Waals surface area contributed by atoms with Crippen molar-refractivity contribution in [2.24, 2.45) is 0 Å². The molecule has 6 rings (SSSR count). The first-order chi connectivity index (χ1) is 63.8. The maximum atomic E-state index is 13.7. The van der Waals surface area contributed by atoms with Crippen LogP contribution in [0.2, 0.25) is 0 Å². The molecule has 3 aliphatic rings. The Labute approximate surface area is 792 Å². The lowest BCUT2D eigenvalue weighted by atomic mass is 9.97. The van der Waals surface area contributed by atoms with Crippen LogP contribution in [0.5, 0.6) is 0 Å². The van der Waals surface area contributed by atoms with Crippen LogP contribution < -0.4 is 20.0 Å². The van der Waals surface area contributed by atoms with Crippen LogP contribution in [0, 0.1) is 92.5 Å². The Morgan fingerprint density at radius 3 is 1.22 bits per heavy atom. The van der Waals surface area contributed by atoms with Gasteiger partial charge in [0.15, 0.2) is 17.0 Å². The summed E-state index contributed by atoms with van der Waals surface area (Å²) in [6.45, 7) is 52.9. The van der Waals surface area contributed by atoms with Crippen molar-refractivity contribution in [3.63, 3.8) is 0 Å². The van der Waals surface area contributed by atoms with Gasteiger partial charge in [-0.05, 0) is 169 Å². The summed E-state index contributed by atoms with van der Waals surface area (Å²) in [6.07, 6.45) is 53.1. The van der Waals surface area contributed by atoms with Gasteiger partial charge in [0.1, 0.15) is 42.2 Å². The van der Waals surface area contributed by atoms with Crippen LogP contribution in [-0.2, 0) is 40.1 Å². The van der Waals surface area contributed by atoms with E-state index in [1.165, 1.54) is 124 Å². The maximum Gasteiger partial charge on any atom is 0.274 e. The van der Waals surface area contributed by atoms with E-state index in [9.17, 15) is 56.0 Å². The van der Waals surface area contributed by atoms with E-state index < -0.39 is 5.91 Å². The minimum Gasteiger partial charge on any atom is -0.441 e. The highest BCUT2D eigenvalue weighted by molar-refractivity contribution is 7.17. The van der Waals surface area contributed by atoms with Crippen LogP contribution in [0.4, 0.5) is 16.6 Å². The first kappa shape index (κ1) is 112. The molecule has 0 radical (unpaired) electrons. The zero-order valence-electron chi connectivity index (χ0n) is 82.2. The van der Waals surface area contributed by atoms with Crippen LogP contribution >= 0.6 is 11.3 Å². The second-order valence-corrected chi connectivity index (χ2v) is 35.1. The quantitative estimate of drug-likeness (QED) is 0.0312. The zero-order valence-corrected chi connectivity index (χ0v) is 83.0. The van der Waals surface area contributed by atoms with Crippen LogP contribution in [0.1, 0.15) is 377 Å². The lowest BCUT2D eigenvalue weighted by molar-refractivity contribution is -0.124. The fourth-order valence-corrected chi connectivity index (χ4v) is 17.6. The number of nitriles is 7. The predicted molar refractivity (Wildman–Crippen MR) is 536 cm³/mol. The van der Waals surface area contributed by atoms with Gasteiger partial charge in [0.2, 0.25) is 11.6 Å². The number of benzene rings is 1. The molecular formula is C109H152N16O5S. The maximum absolute atomic E-state index is 13.7. The van der Waals surface area contributed by atoms with E-state index in [1.807, 2.05) is 92.8 Å². The van der Waals surface area contributed by atoms with Gasteiger partial charge >= 0.3 is 0 Å². The van der Waals surface area contributed by atoms with E-state index in [4.69, 9.17) is 17.6 Å². The van der Waals surface area contributed by atoms with Gasteiger partial charge in [-0.3, -0.25) is 19.2 Å². The number of thiophene rings is 1. The number of hydrogen-bond donors (Lipinski definition) is 1. The van der Waals surface area contributed by atoms with E-state index in [1.54, 1.807) is 24.3 Å². The van der Waals surface area contributed by atoms with Crippen molar-refractivity contribution in [1.29, 1.82) is 36.8 Å². The number of hydrogen-bond acceptors (Lipinski definition) is 16. The lowest BCUT2D eigenvalue weighted by Crippen LogP contribution is -2.28. The van der Waals surface area contributed by atoms with Crippen molar-refractivity contribution in [3.05, 3.63) is 171 Å². The third-order valence-electron chi connectivity index (χ3n) is 24.0. The Morgan fingerprint density at radius 2 is 0.809 bits per heavy atom. The van der Waals surface area contributed by atoms with Gasteiger partial charge in [-0.15, -0.1) is 11.3 Å². The Bertz CT molecular complexity index is 4610. The van der Waals surface area contributed by atoms with Crippen LogP contribution in [0.15, 0.2) is 108 Å². The Hall–Kier alpha value is -11.5. The Morgan fingerprint density at radius 1 is 0.420 bits per heavy atom. The average Bonchev–Trinajstić information content (AvgIpc) is 1.64. The van der Waals surface area contributed by atoms with Crippen LogP contribution in [0.3, 0.4) is 0 Å². The van der Waals surface area contributed by atoms with E-state index in [2.05, 4.69) is 118 Å². The number of anilines is 3. The van der Waals surface area contributed by atoms with Gasteiger partial charge in [-0.1, -0.05) is 256 Å². The summed E-state index contributed by atoms with van der Waals surface area (Å²) < 4.78 is 6.78. The van der Waals surface area contributed by atoms with Gasteiger partial charge in [-0.25, -0.2) is 15.0 Å².